The highest BCUT2D eigenvalue weighted by atomic mass is 14.4. The highest BCUT2D eigenvalue weighted by molar-refractivity contribution is 5.88. The fourth-order valence-electron chi connectivity index (χ4n) is 7.65. The Balaban J connectivity index is 1.39. The van der Waals surface area contributed by atoms with E-state index in [9.17, 15) is 0 Å². The van der Waals surface area contributed by atoms with Crippen molar-refractivity contribution in [2.75, 3.05) is 0 Å². The molecular formula is C43H44. The fourth-order valence-corrected chi connectivity index (χ4v) is 7.65. The summed E-state index contributed by atoms with van der Waals surface area (Å²) in [6.07, 6.45) is 14.5. The Morgan fingerprint density at radius 3 is 2.51 bits per heavy atom. The summed E-state index contributed by atoms with van der Waals surface area (Å²) in [7, 11) is 0. The monoisotopic (exact) mass is 560 g/mol. The maximum Gasteiger partial charge on any atom is 0.0210 e. The van der Waals surface area contributed by atoms with Gasteiger partial charge in [0.05, 0.1) is 0 Å². The summed E-state index contributed by atoms with van der Waals surface area (Å²) >= 11 is 0. The average Bonchev–Trinajstić information content (AvgIpc) is 3.60. The normalized spacial score (nSPS) is 20.8. The second-order valence-electron chi connectivity index (χ2n) is 12.7. The molecule has 0 N–H and O–H groups in total. The Hall–Kier alpha value is -4.16. The number of fused-ring (bicyclic) bond motifs is 2. The minimum Gasteiger partial charge on any atom is -0.0955 e. The molecule has 0 heterocycles. The zero-order valence-corrected chi connectivity index (χ0v) is 26.4. The van der Waals surface area contributed by atoms with Gasteiger partial charge in [0, 0.05) is 11.8 Å². The quantitative estimate of drug-likeness (QED) is 0.257. The summed E-state index contributed by atoms with van der Waals surface area (Å²) in [5.74, 6) is 0.492. The Morgan fingerprint density at radius 2 is 1.74 bits per heavy atom. The van der Waals surface area contributed by atoms with Gasteiger partial charge in [0.1, 0.15) is 0 Å². The maximum absolute atomic E-state index is 4.83. The van der Waals surface area contributed by atoms with Crippen molar-refractivity contribution in [3.8, 4) is 0 Å². The molecule has 0 saturated heterocycles. The summed E-state index contributed by atoms with van der Waals surface area (Å²) in [5.41, 5.74) is 17.5. The molecule has 3 aliphatic rings. The van der Waals surface area contributed by atoms with E-state index in [0.717, 1.165) is 37.7 Å². The molecule has 1 saturated carbocycles. The molecule has 1 fully saturated rings. The molecule has 3 aromatic rings. The molecule has 6 rings (SSSR count). The first-order valence-corrected chi connectivity index (χ1v) is 16.0. The van der Waals surface area contributed by atoms with Crippen molar-refractivity contribution in [3.63, 3.8) is 0 Å². The van der Waals surface area contributed by atoms with Crippen LogP contribution < -0.4 is 0 Å². The first kappa shape index (κ1) is 28.9. The first-order chi connectivity index (χ1) is 20.8. The molecule has 0 aromatic heterocycles. The van der Waals surface area contributed by atoms with Gasteiger partial charge in [-0.05, 0) is 112 Å². The summed E-state index contributed by atoms with van der Waals surface area (Å²) in [4.78, 5) is 0. The molecule has 0 spiro atoms. The van der Waals surface area contributed by atoms with Gasteiger partial charge in [-0.25, -0.2) is 0 Å². The summed E-state index contributed by atoms with van der Waals surface area (Å²) < 4.78 is 0. The van der Waals surface area contributed by atoms with E-state index < -0.39 is 0 Å². The minimum atomic E-state index is 0.231. The summed E-state index contributed by atoms with van der Waals surface area (Å²) in [6, 6.07) is 22.4. The molecule has 0 amide bonds. The van der Waals surface area contributed by atoms with Gasteiger partial charge in [-0.3, -0.25) is 0 Å². The Bertz CT molecular complexity index is 1820. The summed E-state index contributed by atoms with van der Waals surface area (Å²) in [5, 5.41) is 2.69. The van der Waals surface area contributed by atoms with Gasteiger partial charge in [-0.15, -0.1) is 0 Å². The van der Waals surface area contributed by atoms with E-state index in [0.29, 0.717) is 0 Å². The molecule has 3 aliphatic carbocycles. The van der Waals surface area contributed by atoms with Crippen molar-refractivity contribution in [1.82, 2.24) is 0 Å². The molecule has 0 aliphatic heterocycles. The van der Waals surface area contributed by atoms with E-state index in [-0.39, 0.29) is 11.8 Å². The standard InChI is InChI=1S/C43H44/c1-8-13-28(5)40-29(6)22-38-26-37(24-31-18-19-36(23-31)35-16-12-15-34(25-35)27(3)4)30(7)41(38)43(40)42-32(9-2)20-21-33-14-10-11-17-39(33)42/h10-12,14-22,24-25,41,43H,3,5,7-9,13,23,26H2,1-2,4,6H3/b37-24+. The van der Waals surface area contributed by atoms with Crippen LogP contribution >= 0.6 is 0 Å². The Morgan fingerprint density at radius 1 is 0.930 bits per heavy atom. The van der Waals surface area contributed by atoms with E-state index in [1.807, 2.05) is 0 Å². The number of hydrogen-bond donors (Lipinski definition) is 0. The zero-order valence-electron chi connectivity index (χ0n) is 26.4. The van der Waals surface area contributed by atoms with E-state index in [1.165, 1.54) is 77.6 Å². The van der Waals surface area contributed by atoms with Crippen LogP contribution in [0.4, 0.5) is 0 Å². The Labute approximate surface area is 258 Å². The van der Waals surface area contributed by atoms with Crippen LogP contribution in [0.5, 0.6) is 0 Å². The van der Waals surface area contributed by atoms with Gasteiger partial charge >= 0.3 is 0 Å². The lowest BCUT2D eigenvalue weighted by Crippen LogP contribution is -2.22. The van der Waals surface area contributed by atoms with E-state index in [1.54, 1.807) is 0 Å². The lowest BCUT2D eigenvalue weighted by atomic mass is 9.67. The van der Waals surface area contributed by atoms with Crippen molar-refractivity contribution in [2.24, 2.45) is 5.92 Å². The molecule has 43 heavy (non-hydrogen) atoms. The van der Waals surface area contributed by atoms with Gasteiger partial charge in [0.2, 0.25) is 0 Å². The van der Waals surface area contributed by atoms with Crippen molar-refractivity contribution >= 4 is 21.9 Å². The molecule has 0 nitrogen and oxygen atoms in total. The third-order valence-corrected chi connectivity index (χ3v) is 9.72. The third kappa shape index (κ3) is 5.29. The van der Waals surface area contributed by atoms with Crippen LogP contribution in [0.25, 0.3) is 21.9 Å². The largest absolute Gasteiger partial charge is 0.0955 e. The van der Waals surface area contributed by atoms with Crippen molar-refractivity contribution in [1.29, 1.82) is 0 Å². The van der Waals surface area contributed by atoms with E-state index >= 15 is 0 Å². The lowest BCUT2D eigenvalue weighted by Gasteiger charge is -2.36. The van der Waals surface area contributed by atoms with Crippen LogP contribution in [-0.2, 0) is 6.42 Å². The SMILES string of the molecule is C=C(CCC)C1=C(C)C=C2C/C(=C\C3=CC=C(c4cccc(C(=C)C)c4)C3)C(=C)C2C1c1c(CC)ccc2ccccc12. The van der Waals surface area contributed by atoms with Crippen LogP contribution in [0.1, 0.15) is 81.5 Å². The van der Waals surface area contributed by atoms with Gasteiger partial charge in [0.15, 0.2) is 0 Å². The molecule has 2 atom stereocenters. The second kappa shape index (κ2) is 11.8. The van der Waals surface area contributed by atoms with Crippen LogP contribution in [0, 0.1) is 5.92 Å². The van der Waals surface area contributed by atoms with Gasteiger partial charge in [0.25, 0.3) is 0 Å². The van der Waals surface area contributed by atoms with Gasteiger partial charge in [-0.2, -0.15) is 0 Å². The molecule has 3 aromatic carbocycles. The smallest absolute Gasteiger partial charge is 0.0210 e. The number of benzene rings is 3. The maximum atomic E-state index is 4.83. The number of aryl methyl sites for hydroxylation is 1. The van der Waals surface area contributed by atoms with E-state index in [4.69, 9.17) is 6.58 Å². The Kier molecular flexibility index (Phi) is 7.97. The highest BCUT2D eigenvalue weighted by Crippen LogP contribution is 2.56. The lowest BCUT2D eigenvalue weighted by molar-refractivity contribution is 0.618. The predicted molar refractivity (Wildman–Crippen MR) is 188 cm³/mol. The van der Waals surface area contributed by atoms with Crippen LogP contribution in [-0.4, -0.2) is 0 Å². The summed E-state index contributed by atoms with van der Waals surface area (Å²) in [6.45, 7) is 22.6. The zero-order chi connectivity index (χ0) is 30.2. The van der Waals surface area contributed by atoms with Crippen LogP contribution in [0.15, 0.2) is 144 Å². The molecule has 0 bridgehead atoms. The van der Waals surface area contributed by atoms with Crippen LogP contribution in [0.3, 0.4) is 0 Å². The second-order valence-corrected chi connectivity index (χ2v) is 12.7. The fraction of sp³-hybridized carbons (Fsp3) is 0.256. The topological polar surface area (TPSA) is 0 Å². The number of hydrogen-bond acceptors (Lipinski definition) is 0. The average molecular weight is 561 g/mol. The van der Waals surface area contributed by atoms with Gasteiger partial charge < -0.3 is 0 Å². The highest BCUT2D eigenvalue weighted by Gasteiger charge is 2.42. The first-order valence-electron chi connectivity index (χ1n) is 16.0. The van der Waals surface area contributed by atoms with Crippen molar-refractivity contribution in [2.45, 2.75) is 65.7 Å². The minimum absolute atomic E-state index is 0.231. The number of allylic oxidation sites excluding steroid dienone is 13. The van der Waals surface area contributed by atoms with Crippen LogP contribution in [0.2, 0.25) is 0 Å². The molecular weight excluding hydrogens is 516 g/mol. The molecule has 2 unspecified atom stereocenters. The van der Waals surface area contributed by atoms with Crippen molar-refractivity contribution in [3.05, 3.63) is 166 Å². The molecule has 0 heteroatoms. The van der Waals surface area contributed by atoms with Gasteiger partial charge in [-0.1, -0.05) is 136 Å². The van der Waals surface area contributed by atoms with Crippen molar-refractivity contribution < 1.29 is 0 Å². The van der Waals surface area contributed by atoms with E-state index in [2.05, 4.69) is 126 Å². The third-order valence-electron chi connectivity index (χ3n) is 9.72. The molecule has 216 valence electrons. The predicted octanol–water partition coefficient (Wildman–Crippen LogP) is 12.0. The molecule has 0 radical (unpaired) electrons. The number of rotatable bonds is 8.